The van der Waals surface area contributed by atoms with Crippen molar-refractivity contribution in [3.05, 3.63) is 29.3 Å². The minimum absolute atomic E-state index is 0.0908. The lowest BCUT2D eigenvalue weighted by molar-refractivity contribution is -0.136. The minimum Gasteiger partial charge on any atom is -0.385 e. The van der Waals surface area contributed by atoms with Crippen LogP contribution in [0.15, 0.2) is 18.2 Å². The third-order valence-corrected chi connectivity index (χ3v) is 5.46. The maximum Gasteiger partial charge on any atom is 0.262 e. The van der Waals surface area contributed by atoms with Crippen LogP contribution in [0.4, 0.5) is 5.69 Å². The molecule has 3 atom stereocenters. The SMILES string of the molecule is NCC1CC(CNc2ccc3c(c2)C(=O)N(C2CCC(=O)NC2=O)C3=O)CO1. The smallest absolute Gasteiger partial charge is 0.262 e. The molecule has 3 aliphatic heterocycles. The molecule has 0 spiro atoms. The standard InChI is InChI=1S/C19H22N4O5/c20-7-12-5-10(9-28-12)8-21-11-1-2-13-14(6-11)19(27)23(18(13)26)15-3-4-16(24)22-17(15)25/h1-2,6,10,12,15,21H,3-5,7-9,20H2,(H,22,24,25). The van der Waals surface area contributed by atoms with Crippen LogP contribution in [0.1, 0.15) is 40.0 Å². The van der Waals surface area contributed by atoms with E-state index in [9.17, 15) is 19.2 Å². The summed E-state index contributed by atoms with van der Waals surface area (Å²) in [6, 6.07) is 4.02. The van der Waals surface area contributed by atoms with Gasteiger partial charge in [0, 0.05) is 31.1 Å². The van der Waals surface area contributed by atoms with Gasteiger partial charge in [-0.2, -0.15) is 0 Å². The van der Waals surface area contributed by atoms with Crippen LogP contribution in [-0.4, -0.2) is 60.4 Å². The second-order valence-corrected chi connectivity index (χ2v) is 7.38. The van der Waals surface area contributed by atoms with E-state index in [-0.39, 0.29) is 30.1 Å². The molecule has 28 heavy (non-hydrogen) atoms. The number of amides is 4. The van der Waals surface area contributed by atoms with E-state index in [2.05, 4.69) is 10.6 Å². The number of benzene rings is 1. The Labute approximate surface area is 161 Å². The first kappa shape index (κ1) is 18.6. The molecule has 9 nitrogen and oxygen atoms in total. The van der Waals surface area contributed by atoms with Crippen molar-refractivity contribution in [1.29, 1.82) is 0 Å². The molecule has 3 aliphatic rings. The van der Waals surface area contributed by atoms with Gasteiger partial charge in [-0.25, -0.2) is 0 Å². The number of nitrogens with two attached hydrogens (primary N) is 1. The molecule has 2 fully saturated rings. The van der Waals surface area contributed by atoms with Crippen molar-refractivity contribution in [3.63, 3.8) is 0 Å². The van der Waals surface area contributed by atoms with Gasteiger partial charge in [0.25, 0.3) is 11.8 Å². The molecule has 0 aliphatic carbocycles. The summed E-state index contributed by atoms with van der Waals surface area (Å²) in [6.45, 7) is 1.82. The van der Waals surface area contributed by atoms with Crippen molar-refractivity contribution < 1.29 is 23.9 Å². The Hall–Kier alpha value is -2.78. The van der Waals surface area contributed by atoms with Gasteiger partial charge in [0.1, 0.15) is 6.04 Å². The van der Waals surface area contributed by atoms with Crippen molar-refractivity contribution in [2.24, 2.45) is 11.7 Å². The second-order valence-electron chi connectivity index (χ2n) is 7.38. The summed E-state index contributed by atoms with van der Waals surface area (Å²) in [5, 5.41) is 5.47. The first-order valence-corrected chi connectivity index (χ1v) is 9.39. The van der Waals surface area contributed by atoms with E-state index in [1.165, 1.54) is 0 Å². The number of imide groups is 2. The van der Waals surface area contributed by atoms with Crippen molar-refractivity contribution in [3.8, 4) is 0 Å². The second kappa shape index (κ2) is 7.33. The predicted molar refractivity (Wildman–Crippen MR) is 98.5 cm³/mol. The number of fused-ring (bicyclic) bond motifs is 1. The predicted octanol–water partition coefficient (Wildman–Crippen LogP) is -0.136. The summed E-state index contributed by atoms with van der Waals surface area (Å²) in [5.74, 6) is -1.68. The van der Waals surface area contributed by atoms with E-state index in [1.54, 1.807) is 18.2 Å². The number of hydrogen-bond acceptors (Lipinski definition) is 7. The van der Waals surface area contributed by atoms with Crippen LogP contribution < -0.4 is 16.4 Å². The molecule has 4 N–H and O–H groups in total. The van der Waals surface area contributed by atoms with E-state index in [1.807, 2.05) is 0 Å². The minimum atomic E-state index is -0.953. The molecule has 1 aromatic carbocycles. The number of hydrogen-bond donors (Lipinski definition) is 3. The Morgan fingerprint density at radius 3 is 2.68 bits per heavy atom. The van der Waals surface area contributed by atoms with Gasteiger partial charge in [-0.3, -0.25) is 29.4 Å². The van der Waals surface area contributed by atoms with E-state index in [0.29, 0.717) is 25.6 Å². The quantitative estimate of drug-likeness (QED) is 0.601. The molecule has 2 saturated heterocycles. The molecule has 3 unspecified atom stereocenters. The highest BCUT2D eigenvalue weighted by Crippen LogP contribution is 2.30. The number of ether oxygens (including phenoxy) is 1. The van der Waals surface area contributed by atoms with Crippen LogP contribution in [0.25, 0.3) is 0 Å². The van der Waals surface area contributed by atoms with Gasteiger partial charge in [-0.1, -0.05) is 0 Å². The number of nitrogens with one attached hydrogen (secondary N) is 2. The third-order valence-electron chi connectivity index (χ3n) is 5.46. The molecule has 0 aromatic heterocycles. The lowest BCUT2D eigenvalue weighted by Crippen LogP contribution is -2.54. The third kappa shape index (κ3) is 3.27. The van der Waals surface area contributed by atoms with Crippen LogP contribution in [-0.2, 0) is 14.3 Å². The van der Waals surface area contributed by atoms with E-state index < -0.39 is 29.7 Å². The molecule has 4 rings (SSSR count). The van der Waals surface area contributed by atoms with Gasteiger partial charge in [-0.05, 0) is 31.0 Å². The van der Waals surface area contributed by atoms with Gasteiger partial charge in [0.05, 0.1) is 23.8 Å². The zero-order valence-corrected chi connectivity index (χ0v) is 15.3. The van der Waals surface area contributed by atoms with Gasteiger partial charge in [0.2, 0.25) is 11.8 Å². The molecule has 1 aromatic rings. The fourth-order valence-electron chi connectivity index (χ4n) is 3.93. The molecular weight excluding hydrogens is 364 g/mol. The maximum absolute atomic E-state index is 12.8. The Bertz CT molecular complexity index is 855. The molecule has 0 bridgehead atoms. The van der Waals surface area contributed by atoms with E-state index >= 15 is 0 Å². The number of nitrogens with zero attached hydrogens (tertiary/aromatic N) is 1. The summed E-state index contributed by atoms with van der Waals surface area (Å²) in [6.07, 6.45) is 1.22. The van der Waals surface area contributed by atoms with Crippen LogP contribution in [0, 0.1) is 5.92 Å². The zero-order valence-electron chi connectivity index (χ0n) is 15.3. The fraction of sp³-hybridized carbons (Fsp3) is 0.474. The Morgan fingerprint density at radius 2 is 1.96 bits per heavy atom. The highest BCUT2D eigenvalue weighted by atomic mass is 16.5. The summed E-state index contributed by atoms with van der Waals surface area (Å²) < 4.78 is 5.57. The van der Waals surface area contributed by atoms with Gasteiger partial charge < -0.3 is 15.8 Å². The zero-order chi connectivity index (χ0) is 19.8. The van der Waals surface area contributed by atoms with Gasteiger partial charge in [0.15, 0.2) is 0 Å². The average Bonchev–Trinajstić information content (AvgIpc) is 3.24. The van der Waals surface area contributed by atoms with Crippen molar-refractivity contribution in [2.45, 2.75) is 31.4 Å². The Morgan fingerprint density at radius 1 is 1.18 bits per heavy atom. The Kier molecular flexibility index (Phi) is 4.86. The largest absolute Gasteiger partial charge is 0.385 e. The first-order chi connectivity index (χ1) is 13.5. The number of piperidine rings is 1. The topological polar surface area (TPSA) is 131 Å². The molecule has 0 saturated carbocycles. The van der Waals surface area contributed by atoms with Gasteiger partial charge >= 0.3 is 0 Å². The molecule has 0 radical (unpaired) electrons. The molecule has 4 amide bonds. The lowest BCUT2D eigenvalue weighted by Gasteiger charge is -2.27. The van der Waals surface area contributed by atoms with Crippen LogP contribution in [0.3, 0.4) is 0 Å². The summed E-state index contributed by atoms with van der Waals surface area (Å²) in [5.41, 5.74) is 6.88. The summed E-state index contributed by atoms with van der Waals surface area (Å²) in [7, 11) is 0. The molecular formula is C19H22N4O5. The number of carbonyl (C=O) groups is 4. The number of anilines is 1. The highest BCUT2D eigenvalue weighted by Gasteiger charge is 2.44. The molecule has 9 heteroatoms. The highest BCUT2D eigenvalue weighted by molar-refractivity contribution is 6.23. The van der Waals surface area contributed by atoms with Crippen molar-refractivity contribution in [1.82, 2.24) is 10.2 Å². The summed E-state index contributed by atoms with van der Waals surface area (Å²) >= 11 is 0. The van der Waals surface area contributed by atoms with Crippen LogP contribution >= 0.6 is 0 Å². The molecule has 148 valence electrons. The monoisotopic (exact) mass is 386 g/mol. The number of carbonyl (C=O) groups excluding carboxylic acids is 4. The van der Waals surface area contributed by atoms with E-state index in [4.69, 9.17) is 10.5 Å². The Balaban J connectivity index is 1.46. The number of rotatable bonds is 5. The maximum atomic E-state index is 12.8. The van der Waals surface area contributed by atoms with Crippen molar-refractivity contribution >= 4 is 29.3 Å². The van der Waals surface area contributed by atoms with Crippen molar-refractivity contribution in [2.75, 3.05) is 25.0 Å². The van der Waals surface area contributed by atoms with Gasteiger partial charge in [-0.15, -0.1) is 0 Å². The fourth-order valence-corrected chi connectivity index (χ4v) is 3.93. The van der Waals surface area contributed by atoms with Crippen LogP contribution in [0.5, 0.6) is 0 Å². The lowest BCUT2D eigenvalue weighted by atomic mass is 10.0. The molecule has 3 heterocycles. The van der Waals surface area contributed by atoms with E-state index in [0.717, 1.165) is 17.0 Å². The van der Waals surface area contributed by atoms with Crippen LogP contribution in [0.2, 0.25) is 0 Å². The summed E-state index contributed by atoms with van der Waals surface area (Å²) in [4.78, 5) is 49.9. The normalized spacial score (nSPS) is 27.2. The first-order valence-electron chi connectivity index (χ1n) is 9.39. The average molecular weight is 386 g/mol.